The minimum Gasteiger partial charge on any atom is -0.394 e. The predicted molar refractivity (Wildman–Crippen MR) is 130 cm³/mol. The highest BCUT2D eigenvalue weighted by atomic mass is 16.8. The van der Waals surface area contributed by atoms with Gasteiger partial charge in [0.25, 0.3) is 0 Å². The maximum absolute atomic E-state index is 11.1. The topological polar surface area (TPSA) is 287 Å². The van der Waals surface area contributed by atoms with Gasteiger partial charge in [-0.1, -0.05) is 0 Å². The van der Waals surface area contributed by atoms with Crippen LogP contribution in [0, 0.1) is 0 Å². The molecule has 0 aromatic rings. The Balaban J connectivity index is 1.66. The number of rotatable bonds is 8. The molecular weight excluding hydrogens is 576 g/mol. The molecule has 1 unspecified atom stereocenters. The fourth-order valence-corrected chi connectivity index (χ4v) is 5.37. The molecule has 18 heteroatoms. The highest BCUT2D eigenvalue weighted by molar-refractivity contribution is 4.97. The number of aliphatic hydroxyl groups is 11. The van der Waals surface area contributed by atoms with Crippen LogP contribution in [0.15, 0.2) is 0 Å². The van der Waals surface area contributed by atoms with Crippen LogP contribution < -0.4 is 0 Å². The maximum Gasteiger partial charge on any atom is 0.187 e. The Morgan fingerprint density at radius 3 is 1.71 bits per heavy atom. The van der Waals surface area contributed by atoms with E-state index in [1.807, 2.05) is 0 Å². The Morgan fingerprint density at radius 2 is 1.07 bits per heavy atom. The molecule has 0 radical (unpaired) electrons. The average molecular weight is 619 g/mol. The summed E-state index contributed by atoms with van der Waals surface area (Å²) in [5, 5.41) is 113. The lowest BCUT2D eigenvalue weighted by Gasteiger charge is -2.50. The Kier molecular flexibility index (Phi) is 11.5. The first-order valence-electron chi connectivity index (χ1n) is 13.7. The smallest absolute Gasteiger partial charge is 0.187 e. The molecule has 4 aliphatic rings. The predicted octanol–water partition coefficient (Wildman–Crippen LogP) is -6.66. The van der Waals surface area contributed by atoms with Gasteiger partial charge in [-0.05, 0) is 13.8 Å². The van der Waals surface area contributed by atoms with E-state index in [1.54, 1.807) is 0 Å². The second-order valence-corrected chi connectivity index (χ2v) is 11.0. The van der Waals surface area contributed by atoms with Crippen molar-refractivity contribution in [1.82, 2.24) is 0 Å². The Bertz CT molecular complexity index is 852. The van der Waals surface area contributed by atoms with Crippen LogP contribution in [0.1, 0.15) is 20.3 Å². The summed E-state index contributed by atoms with van der Waals surface area (Å²) in [6.45, 7) is 1.35. The highest BCUT2D eigenvalue weighted by Crippen LogP contribution is 2.35. The van der Waals surface area contributed by atoms with E-state index in [1.165, 1.54) is 13.8 Å². The lowest BCUT2D eigenvalue weighted by Crippen LogP contribution is -2.67. The summed E-state index contributed by atoms with van der Waals surface area (Å²) in [6, 6.07) is 0. The molecule has 18 nitrogen and oxygen atoms in total. The molecule has 11 N–H and O–H groups in total. The lowest BCUT2D eigenvalue weighted by atomic mass is 9.95. The molecule has 4 rings (SSSR count). The van der Waals surface area contributed by atoms with Gasteiger partial charge in [0.15, 0.2) is 25.2 Å². The van der Waals surface area contributed by atoms with Crippen molar-refractivity contribution in [3.05, 3.63) is 0 Å². The molecule has 0 amide bonds. The highest BCUT2D eigenvalue weighted by Gasteiger charge is 2.55. The third kappa shape index (κ3) is 6.91. The minimum absolute atomic E-state index is 0.157. The number of hydrogen-bond acceptors (Lipinski definition) is 18. The van der Waals surface area contributed by atoms with Gasteiger partial charge in [-0.2, -0.15) is 0 Å². The fourth-order valence-electron chi connectivity index (χ4n) is 5.37. The van der Waals surface area contributed by atoms with E-state index >= 15 is 0 Å². The molecule has 4 fully saturated rings. The van der Waals surface area contributed by atoms with Crippen LogP contribution in [-0.2, 0) is 33.2 Å². The lowest BCUT2D eigenvalue weighted by molar-refractivity contribution is -0.401. The molecule has 0 aromatic carbocycles. The molecule has 0 bridgehead atoms. The molecule has 0 aromatic heterocycles. The van der Waals surface area contributed by atoms with Crippen LogP contribution in [0.25, 0.3) is 0 Å². The summed E-state index contributed by atoms with van der Waals surface area (Å²) in [5.41, 5.74) is 0. The quantitative estimate of drug-likeness (QED) is 0.120. The van der Waals surface area contributed by atoms with E-state index in [0.717, 1.165) is 0 Å². The number of ether oxygens (including phenoxy) is 7. The van der Waals surface area contributed by atoms with Gasteiger partial charge in [-0.15, -0.1) is 0 Å². The van der Waals surface area contributed by atoms with E-state index in [-0.39, 0.29) is 6.42 Å². The zero-order valence-corrected chi connectivity index (χ0v) is 22.9. The molecule has 246 valence electrons. The average Bonchev–Trinajstić information content (AvgIpc) is 2.95. The molecule has 4 aliphatic heterocycles. The minimum atomic E-state index is -1.91. The molecule has 0 spiro atoms. The number of hydrogen-bond donors (Lipinski definition) is 11. The fraction of sp³-hybridized carbons (Fsp3) is 1.00. The van der Waals surface area contributed by atoms with Crippen LogP contribution in [0.5, 0.6) is 0 Å². The van der Waals surface area contributed by atoms with Crippen LogP contribution in [0.4, 0.5) is 0 Å². The van der Waals surface area contributed by atoms with E-state index in [2.05, 4.69) is 0 Å². The molecular formula is C24H42O18. The SMILES string of the molecule is C[C@@H]1OC(O)[C@H](O)[C@H](O)[C@H]1O[C@H]1O[C@H](CO)[C@@H](O)[C@H](O[C@H]2O[C@H](C)[C@H](O)C[C@H]2O)[C@@H]1O[C@H]1O[C@H](CO)[C@H](O)[C@H](O)[C@H]1O. The Labute approximate surface area is 240 Å². The van der Waals surface area contributed by atoms with Gasteiger partial charge < -0.3 is 89.3 Å². The number of aliphatic hydroxyl groups excluding tert-OH is 11. The third-order valence-corrected chi connectivity index (χ3v) is 8.00. The molecule has 0 saturated carbocycles. The molecule has 4 heterocycles. The summed E-state index contributed by atoms with van der Waals surface area (Å²) in [4.78, 5) is 0. The zero-order chi connectivity index (χ0) is 31.0. The molecule has 42 heavy (non-hydrogen) atoms. The van der Waals surface area contributed by atoms with Crippen LogP contribution >= 0.6 is 0 Å². The normalized spacial score (nSPS) is 54.1. The molecule has 0 aliphatic carbocycles. The van der Waals surface area contributed by atoms with Crippen molar-refractivity contribution in [1.29, 1.82) is 0 Å². The maximum atomic E-state index is 11.1. The van der Waals surface area contributed by atoms with Crippen molar-refractivity contribution in [2.45, 2.75) is 137 Å². The van der Waals surface area contributed by atoms with Crippen LogP contribution in [-0.4, -0.2) is 186 Å². The van der Waals surface area contributed by atoms with Crippen molar-refractivity contribution in [3.63, 3.8) is 0 Å². The van der Waals surface area contributed by atoms with E-state index in [4.69, 9.17) is 33.2 Å². The van der Waals surface area contributed by atoms with E-state index in [0.29, 0.717) is 0 Å². The van der Waals surface area contributed by atoms with Gasteiger partial charge in [-0.25, -0.2) is 0 Å². The van der Waals surface area contributed by atoms with Gasteiger partial charge >= 0.3 is 0 Å². The Hall–Kier alpha value is -0.720. The summed E-state index contributed by atoms with van der Waals surface area (Å²) in [7, 11) is 0. The third-order valence-electron chi connectivity index (χ3n) is 8.00. The largest absolute Gasteiger partial charge is 0.394 e. The first-order valence-corrected chi connectivity index (χ1v) is 13.7. The molecule has 4 saturated heterocycles. The summed E-state index contributed by atoms with van der Waals surface area (Å²) < 4.78 is 39.6. The van der Waals surface area contributed by atoms with E-state index in [9.17, 15) is 56.2 Å². The van der Waals surface area contributed by atoms with Crippen molar-refractivity contribution in [2.24, 2.45) is 0 Å². The van der Waals surface area contributed by atoms with Gasteiger partial charge in [0.1, 0.15) is 73.2 Å². The van der Waals surface area contributed by atoms with Gasteiger partial charge in [0, 0.05) is 6.42 Å². The van der Waals surface area contributed by atoms with Crippen LogP contribution in [0.3, 0.4) is 0 Å². The van der Waals surface area contributed by atoms with Crippen LogP contribution in [0.2, 0.25) is 0 Å². The van der Waals surface area contributed by atoms with Crippen molar-refractivity contribution in [2.75, 3.05) is 13.2 Å². The standard InChI is InChI=1S/C24H42O18/c1-6-8(27)3-9(28)22(37-6)41-19-13(30)11(5-26)39-24(40-18-7(2)36-21(35)16(33)15(18)32)20(19)42-23-17(34)14(31)12(29)10(4-25)38-23/h6-35H,3-5H2,1-2H3/t6-,7+,8-,9-,10-,11-,12+,13-,14+,15+,16-,17-,18+,19+,20+,21?,22-,23-,24-/m1/s1. The second kappa shape index (κ2) is 14.1. The first-order chi connectivity index (χ1) is 19.8. The van der Waals surface area contributed by atoms with Gasteiger partial charge in [0.05, 0.1) is 31.5 Å². The monoisotopic (exact) mass is 618 g/mol. The second-order valence-electron chi connectivity index (χ2n) is 11.0. The van der Waals surface area contributed by atoms with Gasteiger partial charge in [-0.3, -0.25) is 0 Å². The zero-order valence-electron chi connectivity index (χ0n) is 22.9. The summed E-state index contributed by atoms with van der Waals surface area (Å²) in [6.07, 6.45) is -29.4. The Morgan fingerprint density at radius 1 is 0.500 bits per heavy atom. The summed E-state index contributed by atoms with van der Waals surface area (Å²) in [5.74, 6) is 0. The summed E-state index contributed by atoms with van der Waals surface area (Å²) >= 11 is 0. The van der Waals surface area contributed by atoms with Crippen molar-refractivity contribution in [3.8, 4) is 0 Å². The van der Waals surface area contributed by atoms with Crippen molar-refractivity contribution < 1.29 is 89.3 Å². The molecule has 19 atom stereocenters. The van der Waals surface area contributed by atoms with E-state index < -0.39 is 130 Å². The van der Waals surface area contributed by atoms with Gasteiger partial charge in [0.2, 0.25) is 0 Å². The van der Waals surface area contributed by atoms with Crippen molar-refractivity contribution >= 4 is 0 Å². The first kappa shape index (κ1) is 34.2.